The number of hydrogen-bond acceptors (Lipinski definition) is 4. The van der Waals surface area contributed by atoms with E-state index in [0.29, 0.717) is 6.07 Å². The molecule has 0 fully saturated rings. The molecule has 0 radical (unpaired) electrons. The molecule has 2 aromatic carbocycles. The summed E-state index contributed by atoms with van der Waals surface area (Å²) in [5, 5.41) is 2.42. The SMILES string of the molecule is COc1ccc(S(=O)(=O)Nc2cccc(C(F)(F)F)c2)cc1NC(C)=O. The van der Waals surface area contributed by atoms with Gasteiger partial charge in [0.15, 0.2) is 0 Å². The largest absolute Gasteiger partial charge is 0.495 e. The van der Waals surface area contributed by atoms with Crippen LogP contribution in [-0.2, 0) is 21.0 Å². The van der Waals surface area contributed by atoms with Crippen LogP contribution in [-0.4, -0.2) is 21.4 Å². The number of nitrogens with one attached hydrogen (secondary N) is 2. The zero-order valence-corrected chi connectivity index (χ0v) is 14.5. The maximum atomic E-state index is 12.8. The number of amides is 1. The molecule has 0 aromatic heterocycles. The van der Waals surface area contributed by atoms with Crippen molar-refractivity contribution < 1.29 is 31.1 Å². The topological polar surface area (TPSA) is 84.5 Å². The van der Waals surface area contributed by atoms with Crippen LogP contribution in [0.15, 0.2) is 47.4 Å². The Morgan fingerprint density at radius 3 is 2.38 bits per heavy atom. The monoisotopic (exact) mass is 388 g/mol. The number of carbonyl (C=O) groups excluding carboxylic acids is 1. The first kappa shape index (κ1) is 19.6. The van der Waals surface area contributed by atoms with E-state index in [4.69, 9.17) is 4.74 Å². The van der Waals surface area contributed by atoms with Crippen LogP contribution in [0, 0.1) is 0 Å². The predicted octanol–water partition coefficient (Wildman–Crippen LogP) is 3.47. The molecule has 0 saturated heterocycles. The second-order valence-electron chi connectivity index (χ2n) is 5.23. The van der Waals surface area contributed by atoms with Crippen molar-refractivity contribution in [2.24, 2.45) is 0 Å². The first-order valence-corrected chi connectivity index (χ1v) is 8.67. The number of benzene rings is 2. The maximum Gasteiger partial charge on any atom is 0.416 e. The zero-order valence-electron chi connectivity index (χ0n) is 13.7. The smallest absolute Gasteiger partial charge is 0.416 e. The van der Waals surface area contributed by atoms with Gasteiger partial charge in [0.1, 0.15) is 5.75 Å². The summed E-state index contributed by atoms with van der Waals surface area (Å²) >= 11 is 0. The Bertz CT molecular complexity index is 927. The summed E-state index contributed by atoms with van der Waals surface area (Å²) in [4.78, 5) is 11.0. The number of rotatable bonds is 5. The van der Waals surface area contributed by atoms with Crippen LogP contribution in [0.3, 0.4) is 0 Å². The predicted molar refractivity (Wildman–Crippen MR) is 89.6 cm³/mol. The first-order valence-electron chi connectivity index (χ1n) is 7.18. The van der Waals surface area contributed by atoms with Crippen molar-refractivity contribution in [3.05, 3.63) is 48.0 Å². The molecule has 0 atom stereocenters. The van der Waals surface area contributed by atoms with Gasteiger partial charge in [-0.1, -0.05) is 6.07 Å². The lowest BCUT2D eigenvalue weighted by Gasteiger charge is -2.13. The summed E-state index contributed by atoms with van der Waals surface area (Å²) in [6.07, 6.45) is -4.60. The molecule has 140 valence electrons. The van der Waals surface area contributed by atoms with Gasteiger partial charge < -0.3 is 10.1 Å². The van der Waals surface area contributed by atoms with Gasteiger partial charge in [-0.25, -0.2) is 8.42 Å². The van der Waals surface area contributed by atoms with Crippen LogP contribution in [0.5, 0.6) is 5.75 Å². The minimum Gasteiger partial charge on any atom is -0.495 e. The highest BCUT2D eigenvalue weighted by Gasteiger charge is 2.30. The standard InChI is InChI=1S/C16H15F3N2O4S/c1-10(22)20-14-9-13(6-7-15(14)25-2)26(23,24)21-12-5-3-4-11(8-12)16(17,18)19/h3-9,21H,1-2H3,(H,20,22). The van der Waals surface area contributed by atoms with E-state index in [2.05, 4.69) is 10.0 Å². The van der Waals surface area contributed by atoms with E-state index in [1.165, 1.54) is 32.2 Å². The minimum absolute atomic E-state index is 0.118. The molecule has 0 saturated carbocycles. The molecule has 0 spiro atoms. The summed E-state index contributed by atoms with van der Waals surface area (Å²) in [6, 6.07) is 7.50. The fraction of sp³-hybridized carbons (Fsp3) is 0.188. The highest BCUT2D eigenvalue weighted by Crippen LogP contribution is 2.32. The lowest BCUT2D eigenvalue weighted by molar-refractivity contribution is -0.137. The average Bonchev–Trinajstić information content (AvgIpc) is 2.53. The number of sulfonamides is 1. The van der Waals surface area contributed by atoms with Crippen molar-refractivity contribution in [1.29, 1.82) is 0 Å². The fourth-order valence-electron chi connectivity index (χ4n) is 2.11. The number of ether oxygens (including phenoxy) is 1. The number of alkyl halides is 3. The van der Waals surface area contributed by atoms with Crippen molar-refractivity contribution in [3.8, 4) is 5.75 Å². The number of anilines is 2. The molecule has 0 aliphatic carbocycles. The van der Waals surface area contributed by atoms with E-state index in [0.717, 1.165) is 18.2 Å². The number of halogens is 3. The maximum absolute atomic E-state index is 12.8. The Kier molecular flexibility index (Phi) is 5.45. The molecule has 10 heteroatoms. The van der Waals surface area contributed by atoms with Gasteiger partial charge in [0.05, 0.1) is 23.3 Å². The Morgan fingerprint density at radius 2 is 1.81 bits per heavy atom. The van der Waals surface area contributed by atoms with Gasteiger partial charge in [0.25, 0.3) is 10.0 Å². The van der Waals surface area contributed by atoms with Gasteiger partial charge in [-0.05, 0) is 36.4 Å². The molecular weight excluding hydrogens is 373 g/mol. The van der Waals surface area contributed by atoms with Crippen molar-refractivity contribution in [1.82, 2.24) is 0 Å². The molecule has 26 heavy (non-hydrogen) atoms. The van der Waals surface area contributed by atoms with Gasteiger partial charge in [0, 0.05) is 12.6 Å². The van der Waals surface area contributed by atoms with Crippen molar-refractivity contribution in [3.63, 3.8) is 0 Å². The quantitative estimate of drug-likeness (QED) is 0.821. The lowest BCUT2D eigenvalue weighted by atomic mass is 10.2. The summed E-state index contributed by atoms with van der Waals surface area (Å²) in [6.45, 7) is 1.24. The van der Waals surface area contributed by atoms with E-state index in [9.17, 15) is 26.4 Å². The molecule has 2 rings (SSSR count). The zero-order chi connectivity index (χ0) is 19.5. The third-order valence-corrected chi connectivity index (χ3v) is 4.61. The summed E-state index contributed by atoms with van der Waals surface area (Å²) in [5.41, 5.74) is -1.10. The van der Waals surface area contributed by atoms with Gasteiger partial charge in [-0.3, -0.25) is 9.52 Å². The Morgan fingerprint density at radius 1 is 1.12 bits per heavy atom. The Hall–Kier alpha value is -2.75. The molecule has 0 heterocycles. The molecule has 0 bridgehead atoms. The van der Waals surface area contributed by atoms with Crippen molar-refractivity contribution in [2.45, 2.75) is 18.0 Å². The third-order valence-electron chi connectivity index (χ3n) is 3.23. The summed E-state index contributed by atoms with van der Waals surface area (Å²) in [5.74, 6) is -0.207. The molecule has 0 aliphatic heterocycles. The highest BCUT2D eigenvalue weighted by molar-refractivity contribution is 7.92. The van der Waals surface area contributed by atoms with Gasteiger partial charge >= 0.3 is 6.18 Å². The van der Waals surface area contributed by atoms with E-state index < -0.39 is 27.7 Å². The van der Waals surface area contributed by atoms with Crippen LogP contribution in [0.4, 0.5) is 24.5 Å². The number of methoxy groups -OCH3 is 1. The summed E-state index contributed by atoms with van der Waals surface area (Å²) in [7, 11) is -2.84. The van der Waals surface area contributed by atoms with Crippen LogP contribution in [0.1, 0.15) is 12.5 Å². The van der Waals surface area contributed by atoms with Crippen LogP contribution in [0.25, 0.3) is 0 Å². The van der Waals surface area contributed by atoms with Crippen molar-refractivity contribution in [2.75, 3.05) is 17.1 Å². The molecule has 0 unspecified atom stereocenters. The molecular formula is C16H15F3N2O4S. The van der Waals surface area contributed by atoms with Gasteiger partial charge in [0.2, 0.25) is 5.91 Å². The molecule has 0 aliphatic rings. The molecule has 6 nitrogen and oxygen atoms in total. The van der Waals surface area contributed by atoms with Gasteiger partial charge in [-0.2, -0.15) is 13.2 Å². The molecule has 1 amide bonds. The highest BCUT2D eigenvalue weighted by atomic mass is 32.2. The number of hydrogen-bond donors (Lipinski definition) is 2. The van der Waals surface area contributed by atoms with E-state index in [1.807, 2.05) is 0 Å². The Labute approximate surface area is 148 Å². The summed E-state index contributed by atoms with van der Waals surface area (Å²) < 4.78 is 70.3. The van der Waals surface area contributed by atoms with Crippen LogP contribution in [0.2, 0.25) is 0 Å². The van der Waals surface area contributed by atoms with E-state index in [1.54, 1.807) is 0 Å². The fourth-order valence-corrected chi connectivity index (χ4v) is 3.19. The normalized spacial score (nSPS) is 11.7. The lowest BCUT2D eigenvalue weighted by Crippen LogP contribution is -2.15. The van der Waals surface area contributed by atoms with E-state index >= 15 is 0 Å². The van der Waals surface area contributed by atoms with Crippen LogP contribution < -0.4 is 14.8 Å². The molecule has 2 aromatic rings. The Balaban J connectivity index is 2.37. The first-order chi connectivity index (χ1) is 12.0. The molecule has 2 N–H and O–H groups in total. The number of carbonyl (C=O) groups is 1. The van der Waals surface area contributed by atoms with E-state index in [-0.39, 0.29) is 22.0 Å². The third kappa shape index (κ3) is 4.66. The van der Waals surface area contributed by atoms with Crippen LogP contribution >= 0.6 is 0 Å². The minimum atomic E-state index is -4.60. The van der Waals surface area contributed by atoms with Gasteiger partial charge in [-0.15, -0.1) is 0 Å². The van der Waals surface area contributed by atoms with Crippen molar-refractivity contribution >= 4 is 27.3 Å². The second kappa shape index (κ2) is 7.24. The average molecular weight is 388 g/mol. The second-order valence-corrected chi connectivity index (χ2v) is 6.91.